The summed E-state index contributed by atoms with van der Waals surface area (Å²) in [4.78, 5) is 12.8. The zero-order valence-electron chi connectivity index (χ0n) is 10.4. The quantitative estimate of drug-likeness (QED) is 0.568. The third kappa shape index (κ3) is 3.56. The molecule has 0 amide bonds. The van der Waals surface area contributed by atoms with Crippen LogP contribution in [-0.4, -0.2) is 20.4 Å². The van der Waals surface area contributed by atoms with Crippen LogP contribution in [0.15, 0.2) is 61.2 Å². The van der Waals surface area contributed by atoms with E-state index in [-0.39, 0.29) is 26.5 Å². The van der Waals surface area contributed by atoms with Gasteiger partial charge in [-0.15, -0.1) is 6.07 Å². The average Bonchev–Trinajstić information content (AvgIpc) is 2.49. The molecule has 3 aromatic heterocycles. The number of pyridine rings is 3. The van der Waals surface area contributed by atoms with Crippen LogP contribution in [0.1, 0.15) is 0 Å². The van der Waals surface area contributed by atoms with Gasteiger partial charge in [-0.05, 0) is 24.5 Å². The van der Waals surface area contributed by atoms with Crippen molar-refractivity contribution < 1.29 is 26.5 Å². The van der Waals surface area contributed by atoms with Crippen LogP contribution in [0.5, 0.6) is 0 Å². The molecule has 0 unspecified atom stereocenters. The molecule has 0 fully saturated rings. The fraction of sp³-hybridized carbons (Fsp3) is 0. The summed E-state index contributed by atoms with van der Waals surface area (Å²) >= 11 is 0. The van der Waals surface area contributed by atoms with Gasteiger partial charge in [0.2, 0.25) is 0 Å². The Labute approximate surface area is 131 Å². The Morgan fingerprint density at radius 3 is 1.65 bits per heavy atom. The van der Waals surface area contributed by atoms with Gasteiger partial charge >= 0.3 is 0 Å². The van der Waals surface area contributed by atoms with Gasteiger partial charge in [0.1, 0.15) is 0 Å². The third-order valence-corrected chi connectivity index (χ3v) is 2.56. The van der Waals surface area contributed by atoms with Crippen LogP contribution >= 0.6 is 0 Å². The summed E-state index contributed by atoms with van der Waals surface area (Å²) in [5, 5.41) is 0. The van der Waals surface area contributed by atoms with Gasteiger partial charge in [0.15, 0.2) is 0 Å². The van der Waals surface area contributed by atoms with Crippen LogP contribution in [0, 0.1) is 6.07 Å². The summed E-state index contributed by atoms with van der Waals surface area (Å²) in [6.45, 7) is 0. The maximum absolute atomic E-state index is 4.29. The molecule has 0 aliphatic carbocycles. The van der Waals surface area contributed by atoms with Crippen LogP contribution in [0.25, 0.3) is 22.5 Å². The van der Waals surface area contributed by atoms with Crippen LogP contribution in [-0.2, 0) is 21.1 Å². The maximum atomic E-state index is 4.29. The van der Waals surface area contributed by atoms with Crippen molar-refractivity contribution in [1.29, 1.82) is 0 Å². The normalized spacial score (nSPS) is 9.20. The molecule has 0 saturated carbocycles. The van der Waals surface area contributed by atoms with E-state index in [9.17, 15) is 0 Å². The molecule has 0 saturated heterocycles. The summed E-state index contributed by atoms with van der Waals surface area (Å²) in [7, 11) is 0. The Balaban J connectivity index is 0.000001000. The second-order valence-corrected chi connectivity index (χ2v) is 3.79. The predicted molar refractivity (Wildman–Crippen MR) is 73.1 cm³/mol. The fourth-order valence-corrected chi connectivity index (χ4v) is 1.70. The molecule has 0 spiro atoms. The third-order valence-electron chi connectivity index (χ3n) is 2.56. The molecular formula is C15H12N3OPt-. The van der Waals surface area contributed by atoms with Crippen molar-refractivity contribution in [1.82, 2.24) is 15.0 Å². The minimum Gasteiger partial charge on any atom is -0.412 e. The molecule has 0 aliphatic heterocycles. The summed E-state index contributed by atoms with van der Waals surface area (Å²) in [5.74, 6) is 0. The van der Waals surface area contributed by atoms with Gasteiger partial charge in [-0.3, -0.25) is 9.97 Å². The number of nitrogens with zero attached hydrogens (tertiary/aromatic N) is 3. The van der Waals surface area contributed by atoms with Crippen LogP contribution in [0.2, 0.25) is 0 Å². The molecule has 3 aromatic rings. The summed E-state index contributed by atoms with van der Waals surface area (Å²) < 4.78 is 0. The van der Waals surface area contributed by atoms with Crippen LogP contribution in [0.3, 0.4) is 0 Å². The number of rotatable bonds is 2. The van der Waals surface area contributed by atoms with E-state index in [0.29, 0.717) is 0 Å². The number of hydrogen-bond acceptors (Lipinski definition) is 3. The van der Waals surface area contributed by atoms with Gasteiger partial charge in [0.05, 0.1) is 0 Å². The van der Waals surface area contributed by atoms with Gasteiger partial charge in [0, 0.05) is 44.8 Å². The van der Waals surface area contributed by atoms with Crippen molar-refractivity contribution in [2.24, 2.45) is 0 Å². The predicted octanol–water partition coefficient (Wildman–Crippen LogP) is 2.18. The van der Waals surface area contributed by atoms with Crippen molar-refractivity contribution in [3.05, 3.63) is 67.3 Å². The van der Waals surface area contributed by atoms with Gasteiger partial charge in [-0.25, -0.2) is 0 Å². The van der Waals surface area contributed by atoms with Gasteiger partial charge in [-0.1, -0.05) is 35.4 Å². The monoisotopic (exact) mass is 445 g/mol. The van der Waals surface area contributed by atoms with E-state index >= 15 is 0 Å². The van der Waals surface area contributed by atoms with Gasteiger partial charge < -0.3 is 10.5 Å². The Bertz CT molecular complexity index is 593. The minimum absolute atomic E-state index is 0. The van der Waals surface area contributed by atoms with Gasteiger partial charge in [0.25, 0.3) is 0 Å². The molecule has 0 aromatic carbocycles. The maximum Gasteiger partial charge on any atom is 0.0183 e. The summed E-state index contributed by atoms with van der Waals surface area (Å²) in [6.07, 6.45) is 7.04. The minimum atomic E-state index is 0. The first kappa shape index (κ1) is 16.2. The first-order valence-corrected chi connectivity index (χ1v) is 5.63. The van der Waals surface area contributed by atoms with Crippen LogP contribution in [0.4, 0.5) is 0 Å². The molecule has 3 rings (SSSR count). The zero-order chi connectivity index (χ0) is 12.2. The standard InChI is InChI=1S/C15H10N3.H2O.Pt/c1-3-7-17-14(5-1)12-9-13(11-16-10-12)15-6-2-4-8-18-15;;/h1-8,10-11H;1H2;/q-1;;. The Hall–Kier alpha value is -1.90. The molecule has 5 heteroatoms. The first-order valence-electron chi connectivity index (χ1n) is 5.63. The molecule has 0 radical (unpaired) electrons. The smallest absolute Gasteiger partial charge is 0.0183 e. The number of hydrogen-bond donors (Lipinski definition) is 0. The van der Waals surface area contributed by atoms with E-state index in [4.69, 9.17) is 0 Å². The molecular weight excluding hydrogens is 433 g/mol. The SMILES string of the molecule is O.[Pt].[c-]1c(-c2ccccn2)cncc1-c1ccccn1. The Kier molecular flexibility index (Phi) is 6.16. The zero-order valence-corrected chi connectivity index (χ0v) is 12.7. The molecule has 0 aliphatic rings. The Morgan fingerprint density at radius 2 is 1.25 bits per heavy atom. The second kappa shape index (κ2) is 7.63. The molecule has 3 heterocycles. The second-order valence-electron chi connectivity index (χ2n) is 3.79. The fourth-order valence-electron chi connectivity index (χ4n) is 1.70. The van der Waals surface area contributed by atoms with Crippen molar-refractivity contribution >= 4 is 0 Å². The molecule has 20 heavy (non-hydrogen) atoms. The van der Waals surface area contributed by atoms with E-state index in [2.05, 4.69) is 21.0 Å². The molecule has 4 nitrogen and oxygen atoms in total. The molecule has 2 N–H and O–H groups in total. The summed E-state index contributed by atoms with van der Waals surface area (Å²) in [5.41, 5.74) is 3.48. The molecule has 0 atom stereocenters. The van der Waals surface area contributed by atoms with E-state index in [1.165, 1.54) is 0 Å². The van der Waals surface area contributed by atoms with Crippen LogP contribution < -0.4 is 0 Å². The van der Waals surface area contributed by atoms with Crippen molar-refractivity contribution in [2.45, 2.75) is 0 Å². The van der Waals surface area contributed by atoms with Crippen molar-refractivity contribution in [3.8, 4) is 22.5 Å². The van der Waals surface area contributed by atoms with E-state index < -0.39 is 0 Å². The average molecular weight is 445 g/mol. The van der Waals surface area contributed by atoms with E-state index in [1.54, 1.807) is 24.8 Å². The first-order chi connectivity index (χ1) is 8.93. The summed E-state index contributed by atoms with van der Waals surface area (Å²) in [6, 6.07) is 14.8. The Morgan fingerprint density at radius 1 is 0.750 bits per heavy atom. The van der Waals surface area contributed by atoms with Crippen molar-refractivity contribution in [2.75, 3.05) is 0 Å². The van der Waals surface area contributed by atoms with E-state index in [0.717, 1.165) is 22.5 Å². The van der Waals surface area contributed by atoms with Crippen molar-refractivity contribution in [3.63, 3.8) is 0 Å². The molecule has 104 valence electrons. The topological polar surface area (TPSA) is 70.2 Å². The largest absolute Gasteiger partial charge is 0.412 e. The van der Waals surface area contributed by atoms with E-state index in [1.807, 2.05) is 36.4 Å². The number of aromatic nitrogens is 3. The van der Waals surface area contributed by atoms with Gasteiger partial charge in [-0.2, -0.15) is 0 Å². The molecule has 0 bridgehead atoms.